The number of anilines is 2. The van der Waals surface area contributed by atoms with Gasteiger partial charge in [-0.15, -0.1) is 0 Å². The van der Waals surface area contributed by atoms with Crippen molar-refractivity contribution in [3.63, 3.8) is 0 Å². The lowest BCUT2D eigenvalue weighted by atomic mass is 10.2. The van der Waals surface area contributed by atoms with Gasteiger partial charge in [-0.05, 0) is 30.7 Å². The Morgan fingerprint density at radius 2 is 1.72 bits per heavy atom. The summed E-state index contributed by atoms with van der Waals surface area (Å²) in [7, 11) is 0. The lowest BCUT2D eigenvalue weighted by molar-refractivity contribution is 0.833. The molecule has 2 N–H and O–H groups in total. The van der Waals surface area contributed by atoms with E-state index in [1.54, 1.807) is 0 Å². The van der Waals surface area contributed by atoms with E-state index in [9.17, 15) is 0 Å². The van der Waals surface area contributed by atoms with Crippen LogP contribution in [0.2, 0.25) is 5.02 Å². The van der Waals surface area contributed by atoms with Gasteiger partial charge < -0.3 is 10.6 Å². The van der Waals surface area contributed by atoms with Gasteiger partial charge in [0.2, 0.25) is 0 Å². The molecule has 0 atom stereocenters. The van der Waals surface area contributed by atoms with Crippen LogP contribution < -0.4 is 10.6 Å². The molecule has 2 aromatic carbocycles. The molecule has 0 heterocycles. The van der Waals surface area contributed by atoms with Gasteiger partial charge in [-0.2, -0.15) is 0 Å². The van der Waals surface area contributed by atoms with Crippen LogP contribution in [0.15, 0.2) is 48.5 Å². The number of nitrogen functional groups attached to an aromatic ring is 1. The molecule has 0 fully saturated rings. The molecule has 2 rings (SSSR count). The number of hydrogen-bond acceptors (Lipinski definition) is 2. The van der Waals surface area contributed by atoms with Crippen molar-refractivity contribution >= 4 is 23.0 Å². The van der Waals surface area contributed by atoms with Crippen LogP contribution in [0.5, 0.6) is 0 Å². The highest BCUT2D eigenvalue weighted by Crippen LogP contribution is 2.25. The zero-order valence-electron chi connectivity index (χ0n) is 10.4. The summed E-state index contributed by atoms with van der Waals surface area (Å²) >= 11 is 6.19. The predicted octanol–water partition coefficient (Wildman–Crippen LogP) is 3.95. The van der Waals surface area contributed by atoms with E-state index in [4.69, 9.17) is 17.3 Å². The number of nitrogens with zero attached hydrogens (tertiary/aromatic N) is 1. The second kappa shape index (κ2) is 5.78. The average Bonchev–Trinajstić information content (AvgIpc) is 2.39. The van der Waals surface area contributed by atoms with Gasteiger partial charge in [-0.25, -0.2) is 0 Å². The molecular weight excluding hydrogens is 244 g/mol. The second-order valence-corrected chi connectivity index (χ2v) is 4.57. The maximum absolute atomic E-state index is 6.19. The predicted molar refractivity (Wildman–Crippen MR) is 79.0 cm³/mol. The van der Waals surface area contributed by atoms with Gasteiger partial charge in [0.25, 0.3) is 0 Å². The SMILES string of the molecule is CCN(Cc1ccccc1Cl)c1ccccc1N. The van der Waals surface area contributed by atoms with E-state index in [0.29, 0.717) is 0 Å². The standard InChI is InChI=1S/C15H17ClN2/c1-2-18(15-10-6-5-9-14(15)17)11-12-7-3-4-8-13(12)16/h3-10H,2,11,17H2,1H3. The molecular formula is C15H17ClN2. The molecule has 0 aliphatic carbocycles. The van der Waals surface area contributed by atoms with Crippen LogP contribution in [0, 0.1) is 0 Å². The van der Waals surface area contributed by atoms with Gasteiger partial charge >= 0.3 is 0 Å². The van der Waals surface area contributed by atoms with Crippen molar-refractivity contribution in [2.45, 2.75) is 13.5 Å². The topological polar surface area (TPSA) is 29.3 Å². The fourth-order valence-electron chi connectivity index (χ4n) is 1.98. The van der Waals surface area contributed by atoms with Gasteiger partial charge in [0, 0.05) is 18.1 Å². The van der Waals surface area contributed by atoms with Gasteiger partial charge in [0.1, 0.15) is 0 Å². The fourth-order valence-corrected chi connectivity index (χ4v) is 2.17. The van der Waals surface area contributed by atoms with E-state index < -0.39 is 0 Å². The Kier molecular flexibility index (Phi) is 4.11. The monoisotopic (exact) mass is 260 g/mol. The maximum atomic E-state index is 6.19. The normalized spacial score (nSPS) is 10.3. The molecule has 3 heteroatoms. The molecule has 0 amide bonds. The number of nitrogens with two attached hydrogens (primary N) is 1. The Morgan fingerprint density at radius 3 is 2.39 bits per heavy atom. The van der Waals surface area contributed by atoms with E-state index in [1.807, 2.05) is 48.5 Å². The van der Waals surface area contributed by atoms with E-state index in [1.165, 1.54) is 0 Å². The number of benzene rings is 2. The molecule has 0 aliphatic heterocycles. The molecule has 0 aromatic heterocycles. The first kappa shape index (κ1) is 12.8. The van der Waals surface area contributed by atoms with Crippen molar-refractivity contribution in [1.29, 1.82) is 0 Å². The summed E-state index contributed by atoms with van der Waals surface area (Å²) in [6, 6.07) is 15.8. The summed E-state index contributed by atoms with van der Waals surface area (Å²) in [5.41, 5.74) is 8.98. The van der Waals surface area contributed by atoms with Gasteiger partial charge in [-0.3, -0.25) is 0 Å². The Bertz CT molecular complexity index is 525. The molecule has 0 radical (unpaired) electrons. The third-order valence-corrected chi connectivity index (χ3v) is 3.35. The Balaban J connectivity index is 2.26. The Labute approximate surface area is 113 Å². The molecule has 0 aliphatic rings. The zero-order chi connectivity index (χ0) is 13.0. The van der Waals surface area contributed by atoms with Crippen LogP contribution in [0.4, 0.5) is 11.4 Å². The van der Waals surface area contributed by atoms with Crippen molar-refractivity contribution in [3.05, 3.63) is 59.1 Å². The van der Waals surface area contributed by atoms with E-state index in [-0.39, 0.29) is 0 Å². The lowest BCUT2D eigenvalue weighted by Gasteiger charge is -2.25. The molecule has 94 valence electrons. The highest BCUT2D eigenvalue weighted by molar-refractivity contribution is 6.31. The molecule has 0 saturated carbocycles. The van der Waals surface area contributed by atoms with Crippen molar-refractivity contribution in [1.82, 2.24) is 0 Å². The third kappa shape index (κ3) is 2.77. The summed E-state index contributed by atoms with van der Waals surface area (Å²) < 4.78 is 0. The van der Waals surface area contributed by atoms with Crippen LogP contribution in [0.1, 0.15) is 12.5 Å². The minimum absolute atomic E-state index is 0.768. The molecule has 18 heavy (non-hydrogen) atoms. The van der Waals surface area contributed by atoms with Crippen LogP contribution in [-0.4, -0.2) is 6.54 Å². The number of para-hydroxylation sites is 2. The second-order valence-electron chi connectivity index (χ2n) is 4.16. The quantitative estimate of drug-likeness (QED) is 0.844. The summed E-state index contributed by atoms with van der Waals surface area (Å²) in [6.45, 7) is 3.77. The van der Waals surface area contributed by atoms with Crippen molar-refractivity contribution in [2.75, 3.05) is 17.2 Å². The van der Waals surface area contributed by atoms with E-state index >= 15 is 0 Å². The highest BCUT2D eigenvalue weighted by Gasteiger charge is 2.09. The zero-order valence-corrected chi connectivity index (χ0v) is 11.2. The third-order valence-electron chi connectivity index (χ3n) is 2.98. The minimum atomic E-state index is 0.768. The van der Waals surface area contributed by atoms with Gasteiger partial charge in [0.15, 0.2) is 0 Å². The van der Waals surface area contributed by atoms with Crippen molar-refractivity contribution in [2.24, 2.45) is 0 Å². The lowest BCUT2D eigenvalue weighted by Crippen LogP contribution is -2.23. The Hall–Kier alpha value is -1.67. The first-order chi connectivity index (χ1) is 8.72. The average molecular weight is 261 g/mol. The van der Waals surface area contributed by atoms with Gasteiger partial charge in [0.05, 0.1) is 11.4 Å². The molecule has 2 nitrogen and oxygen atoms in total. The number of hydrogen-bond donors (Lipinski definition) is 1. The summed E-state index contributed by atoms with van der Waals surface area (Å²) in [4.78, 5) is 2.22. The first-order valence-electron chi connectivity index (χ1n) is 6.05. The number of halogens is 1. The molecule has 2 aromatic rings. The van der Waals surface area contributed by atoms with Crippen LogP contribution in [0.25, 0.3) is 0 Å². The van der Waals surface area contributed by atoms with Crippen LogP contribution in [0.3, 0.4) is 0 Å². The van der Waals surface area contributed by atoms with Gasteiger partial charge in [-0.1, -0.05) is 41.9 Å². The van der Waals surface area contributed by atoms with E-state index in [0.717, 1.165) is 35.1 Å². The van der Waals surface area contributed by atoms with Crippen LogP contribution in [-0.2, 0) is 6.54 Å². The van der Waals surface area contributed by atoms with Crippen molar-refractivity contribution < 1.29 is 0 Å². The van der Waals surface area contributed by atoms with Crippen molar-refractivity contribution in [3.8, 4) is 0 Å². The maximum Gasteiger partial charge on any atom is 0.0602 e. The smallest absolute Gasteiger partial charge is 0.0602 e. The summed E-state index contributed by atoms with van der Waals surface area (Å²) in [5.74, 6) is 0. The largest absolute Gasteiger partial charge is 0.397 e. The summed E-state index contributed by atoms with van der Waals surface area (Å²) in [6.07, 6.45) is 0. The minimum Gasteiger partial charge on any atom is -0.397 e. The van der Waals surface area contributed by atoms with E-state index in [2.05, 4.69) is 11.8 Å². The molecule has 0 unspecified atom stereocenters. The number of rotatable bonds is 4. The molecule has 0 bridgehead atoms. The molecule has 0 saturated heterocycles. The first-order valence-corrected chi connectivity index (χ1v) is 6.43. The summed E-state index contributed by atoms with van der Waals surface area (Å²) in [5, 5.41) is 0.797. The Morgan fingerprint density at radius 1 is 1.06 bits per heavy atom. The van der Waals surface area contributed by atoms with Crippen LogP contribution >= 0.6 is 11.6 Å². The fraction of sp³-hybridized carbons (Fsp3) is 0.200. The highest BCUT2D eigenvalue weighted by atomic mass is 35.5. The molecule has 0 spiro atoms.